The number of nitro benzene ring substituents is 1. The van der Waals surface area contributed by atoms with Crippen LogP contribution >= 0.6 is 0 Å². The monoisotopic (exact) mass is 222 g/mol. The molecule has 0 bridgehead atoms. The highest BCUT2D eigenvalue weighted by Gasteiger charge is 2.23. The molecule has 2 rings (SSSR count). The minimum Gasteiger partial charge on any atom is -0.627 e. The Morgan fingerprint density at radius 3 is 2.12 bits per heavy atom. The molecule has 0 unspecified atom stereocenters. The molecule has 0 atom stereocenters. The molecule has 5 nitrogen and oxygen atoms in total. The summed E-state index contributed by atoms with van der Waals surface area (Å²) >= 11 is 0. The SMILES string of the molecule is O=[N+]([O-])c1ccc([N+]2([O-])CCCCC2)cc1. The number of quaternary nitrogens is 1. The number of rotatable bonds is 2. The highest BCUT2D eigenvalue weighted by molar-refractivity contribution is 5.48. The third kappa shape index (κ3) is 2.05. The summed E-state index contributed by atoms with van der Waals surface area (Å²) in [5, 5.41) is 22.9. The molecule has 0 aliphatic carbocycles. The zero-order chi connectivity index (χ0) is 11.6. The van der Waals surface area contributed by atoms with Gasteiger partial charge in [0.2, 0.25) is 0 Å². The van der Waals surface area contributed by atoms with Crippen LogP contribution in [0.5, 0.6) is 0 Å². The molecule has 0 saturated carbocycles. The van der Waals surface area contributed by atoms with Gasteiger partial charge in [-0.3, -0.25) is 10.1 Å². The van der Waals surface area contributed by atoms with Crippen LogP contribution in [0.4, 0.5) is 11.4 Å². The average Bonchev–Trinajstić information content (AvgIpc) is 2.30. The lowest BCUT2D eigenvalue weighted by molar-refractivity contribution is -0.384. The molecule has 16 heavy (non-hydrogen) atoms. The van der Waals surface area contributed by atoms with Gasteiger partial charge < -0.3 is 9.85 Å². The van der Waals surface area contributed by atoms with Gasteiger partial charge in [-0.1, -0.05) is 0 Å². The molecule has 0 spiro atoms. The molecule has 0 amide bonds. The van der Waals surface area contributed by atoms with Gasteiger partial charge in [-0.15, -0.1) is 0 Å². The zero-order valence-electron chi connectivity index (χ0n) is 8.96. The maximum Gasteiger partial charge on any atom is 0.269 e. The number of hydrogen-bond acceptors (Lipinski definition) is 3. The smallest absolute Gasteiger partial charge is 0.269 e. The van der Waals surface area contributed by atoms with Crippen molar-refractivity contribution in [2.24, 2.45) is 0 Å². The van der Waals surface area contributed by atoms with E-state index in [-0.39, 0.29) is 10.3 Å². The molecule has 86 valence electrons. The molecule has 1 aliphatic rings. The van der Waals surface area contributed by atoms with Gasteiger partial charge in [0.1, 0.15) is 5.69 Å². The topological polar surface area (TPSA) is 66.2 Å². The molecule has 0 radical (unpaired) electrons. The van der Waals surface area contributed by atoms with Gasteiger partial charge in [0.15, 0.2) is 0 Å². The van der Waals surface area contributed by atoms with Crippen molar-refractivity contribution in [2.45, 2.75) is 19.3 Å². The molecular weight excluding hydrogens is 208 g/mol. The predicted molar refractivity (Wildman–Crippen MR) is 61.8 cm³/mol. The summed E-state index contributed by atoms with van der Waals surface area (Å²) in [5.41, 5.74) is 0.664. The molecule has 0 N–H and O–H groups in total. The number of hydroxylamine groups is 2. The number of hydrogen-bond donors (Lipinski definition) is 0. The quantitative estimate of drug-likeness (QED) is 0.334. The van der Waals surface area contributed by atoms with Crippen molar-refractivity contribution in [1.82, 2.24) is 4.65 Å². The molecular formula is C11H14N2O3. The van der Waals surface area contributed by atoms with Gasteiger partial charge >= 0.3 is 0 Å². The standard InChI is InChI=1S/C11H14N2O3/c14-12(15)10-4-6-11(7-5-10)13(16)8-2-1-3-9-13/h4-7H,1-3,8-9H2. The summed E-state index contributed by atoms with van der Waals surface area (Å²) in [4.78, 5) is 10.0. The van der Waals surface area contributed by atoms with E-state index in [1.807, 2.05) is 0 Å². The van der Waals surface area contributed by atoms with E-state index in [1.165, 1.54) is 12.1 Å². The lowest BCUT2D eigenvalue weighted by Crippen LogP contribution is -2.47. The molecule has 0 aromatic heterocycles. The predicted octanol–water partition coefficient (Wildman–Crippen LogP) is 2.58. The van der Waals surface area contributed by atoms with Crippen LogP contribution in [0.25, 0.3) is 0 Å². The minimum absolute atomic E-state index is 0.0346. The highest BCUT2D eigenvalue weighted by Crippen LogP contribution is 2.28. The van der Waals surface area contributed by atoms with Crippen molar-refractivity contribution in [3.05, 3.63) is 39.6 Å². The van der Waals surface area contributed by atoms with E-state index < -0.39 is 4.92 Å². The van der Waals surface area contributed by atoms with Gasteiger partial charge in [0.25, 0.3) is 5.69 Å². The molecule has 1 aromatic rings. The van der Waals surface area contributed by atoms with Gasteiger partial charge in [-0.2, -0.15) is 0 Å². The zero-order valence-corrected chi connectivity index (χ0v) is 8.96. The summed E-state index contributed by atoms with van der Waals surface area (Å²) in [6, 6.07) is 5.97. The van der Waals surface area contributed by atoms with Crippen LogP contribution in [0.15, 0.2) is 24.3 Å². The maximum atomic E-state index is 12.4. The summed E-state index contributed by atoms with van der Waals surface area (Å²) in [5.74, 6) is 0. The Bertz CT molecular complexity index is 383. The first-order chi connectivity index (χ1) is 7.62. The molecule has 1 saturated heterocycles. The molecule has 1 fully saturated rings. The number of piperidine rings is 1. The lowest BCUT2D eigenvalue weighted by Gasteiger charge is -2.44. The van der Waals surface area contributed by atoms with E-state index in [0.29, 0.717) is 18.8 Å². The summed E-state index contributed by atoms with van der Waals surface area (Å²) in [6.45, 7) is 1.16. The molecule has 1 aromatic carbocycles. The van der Waals surface area contributed by atoms with Crippen LogP contribution in [-0.4, -0.2) is 18.0 Å². The minimum atomic E-state index is -0.449. The average molecular weight is 222 g/mol. The highest BCUT2D eigenvalue weighted by atomic mass is 16.6. The van der Waals surface area contributed by atoms with Crippen LogP contribution in [0.1, 0.15) is 19.3 Å². The third-order valence-corrected chi connectivity index (χ3v) is 3.07. The summed E-state index contributed by atoms with van der Waals surface area (Å²) in [7, 11) is 0. The first kappa shape index (κ1) is 11.0. The van der Waals surface area contributed by atoms with Gasteiger partial charge in [0, 0.05) is 24.3 Å². The van der Waals surface area contributed by atoms with E-state index in [2.05, 4.69) is 0 Å². The first-order valence-electron chi connectivity index (χ1n) is 5.45. The van der Waals surface area contributed by atoms with E-state index in [1.54, 1.807) is 12.1 Å². The van der Waals surface area contributed by atoms with Crippen LogP contribution in [0, 0.1) is 15.3 Å². The number of nitro groups is 1. The Hall–Kier alpha value is -1.46. The van der Waals surface area contributed by atoms with Crippen molar-refractivity contribution < 1.29 is 4.92 Å². The van der Waals surface area contributed by atoms with E-state index >= 15 is 0 Å². The Balaban J connectivity index is 2.23. The van der Waals surface area contributed by atoms with Gasteiger partial charge in [-0.05, 0) is 19.3 Å². The second-order valence-corrected chi connectivity index (χ2v) is 4.17. The normalized spacial score (nSPS) is 19.3. The van der Waals surface area contributed by atoms with Crippen molar-refractivity contribution >= 4 is 11.4 Å². The fraction of sp³-hybridized carbons (Fsp3) is 0.455. The third-order valence-electron chi connectivity index (χ3n) is 3.07. The number of benzene rings is 1. The van der Waals surface area contributed by atoms with Crippen LogP contribution < -0.4 is 4.65 Å². The van der Waals surface area contributed by atoms with E-state index in [9.17, 15) is 15.3 Å². The second-order valence-electron chi connectivity index (χ2n) is 4.17. The van der Waals surface area contributed by atoms with Crippen molar-refractivity contribution in [1.29, 1.82) is 0 Å². The Morgan fingerprint density at radius 2 is 1.62 bits per heavy atom. The molecule has 5 heteroatoms. The number of nitrogens with zero attached hydrogens (tertiary/aromatic N) is 2. The van der Waals surface area contributed by atoms with Gasteiger partial charge in [-0.25, -0.2) is 0 Å². The molecule has 1 aliphatic heterocycles. The Labute approximate surface area is 93.6 Å². The Kier molecular flexibility index (Phi) is 2.89. The van der Waals surface area contributed by atoms with Crippen LogP contribution in [-0.2, 0) is 0 Å². The fourth-order valence-electron chi connectivity index (χ4n) is 2.13. The van der Waals surface area contributed by atoms with E-state index in [0.717, 1.165) is 19.3 Å². The van der Waals surface area contributed by atoms with Crippen LogP contribution in [0.2, 0.25) is 0 Å². The van der Waals surface area contributed by atoms with E-state index in [4.69, 9.17) is 0 Å². The Morgan fingerprint density at radius 1 is 1.06 bits per heavy atom. The fourth-order valence-corrected chi connectivity index (χ4v) is 2.13. The first-order valence-corrected chi connectivity index (χ1v) is 5.45. The van der Waals surface area contributed by atoms with Crippen molar-refractivity contribution in [2.75, 3.05) is 13.1 Å². The maximum absolute atomic E-state index is 12.4. The van der Waals surface area contributed by atoms with Crippen molar-refractivity contribution in [3.63, 3.8) is 0 Å². The number of non-ortho nitro benzene ring substituents is 1. The van der Waals surface area contributed by atoms with Crippen molar-refractivity contribution in [3.8, 4) is 0 Å². The molecule has 1 heterocycles. The summed E-state index contributed by atoms with van der Waals surface area (Å²) < 4.78 is -0.335. The van der Waals surface area contributed by atoms with Gasteiger partial charge in [0.05, 0.1) is 18.0 Å². The lowest BCUT2D eigenvalue weighted by atomic mass is 10.1. The summed E-state index contributed by atoms with van der Waals surface area (Å²) in [6.07, 6.45) is 2.97. The largest absolute Gasteiger partial charge is 0.627 e. The van der Waals surface area contributed by atoms with Crippen LogP contribution in [0.3, 0.4) is 0 Å². The second kappa shape index (κ2) is 4.19.